The van der Waals surface area contributed by atoms with Crippen LogP contribution in [0.3, 0.4) is 0 Å². The maximum atomic E-state index is 3.83. The molecular weight excluding hydrogens is 274 g/mol. The van der Waals surface area contributed by atoms with Gasteiger partial charge in [-0.05, 0) is 37.0 Å². The molecule has 94 valence electrons. The van der Waals surface area contributed by atoms with Gasteiger partial charge < -0.3 is 5.32 Å². The summed E-state index contributed by atoms with van der Waals surface area (Å²) in [6, 6.07) is 9.93. The summed E-state index contributed by atoms with van der Waals surface area (Å²) in [5, 5.41) is 3.83. The first-order valence-electron chi connectivity index (χ1n) is 6.81. The van der Waals surface area contributed by atoms with E-state index in [0.29, 0.717) is 6.04 Å². The van der Waals surface area contributed by atoms with Gasteiger partial charge in [-0.3, -0.25) is 0 Å². The minimum absolute atomic E-state index is 0.510. The molecule has 1 unspecified atom stereocenters. The standard InChI is InChI=1S/C15H22BrN/c1-2-15(12-7-6-8-13(16)11-12)17-14-9-4-3-5-10-14/h6-8,11,14-15,17H,2-5,9-10H2,1H3. The van der Waals surface area contributed by atoms with E-state index in [0.717, 1.165) is 12.5 Å². The van der Waals surface area contributed by atoms with E-state index in [-0.39, 0.29) is 0 Å². The van der Waals surface area contributed by atoms with Gasteiger partial charge in [-0.25, -0.2) is 0 Å². The van der Waals surface area contributed by atoms with Gasteiger partial charge in [-0.1, -0.05) is 54.2 Å². The van der Waals surface area contributed by atoms with Crippen LogP contribution in [0.4, 0.5) is 0 Å². The van der Waals surface area contributed by atoms with Gasteiger partial charge in [0.1, 0.15) is 0 Å². The van der Waals surface area contributed by atoms with Crippen molar-refractivity contribution in [3.05, 3.63) is 34.3 Å². The van der Waals surface area contributed by atoms with Crippen LogP contribution in [-0.4, -0.2) is 6.04 Å². The summed E-state index contributed by atoms with van der Waals surface area (Å²) < 4.78 is 1.18. The minimum atomic E-state index is 0.510. The third kappa shape index (κ3) is 3.82. The summed E-state index contributed by atoms with van der Waals surface area (Å²) in [4.78, 5) is 0. The Labute approximate surface area is 113 Å². The highest BCUT2D eigenvalue weighted by Crippen LogP contribution is 2.25. The molecule has 17 heavy (non-hydrogen) atoms. The summed E-state index contributed by atoms with van der Waals surface area (Å²) in [6.07, 6.45) is 8.08. The second-order valence-electron chi connectivity index (χ2n) is 5.02. The van der Waals surface area contributed by atoms with Gasteiger partial charge in [-0.2, -0.15) is 0 Å². The molecule has 1 aliphatic carbocycles. The molecule has 1 saturated carbocycles. The quantitative estimate of drug-likeness (QED) is 0.839. The summed E-state index contributed by atoms with van der Waals surface area (Å²) in [6.45, 7) is 2.27. The maximum absolute atomic E-state index is 3.83. The highest BCUT2D eigenvalue weighted by Gasteiger charge is 2.17. The van der Waals surface area contributed by atoms with Crippen molar-refractivity contribution < 1.29 is 0 Å². The van der Waals surface area contributed by atoms with E-state index < -0.39 is 0 Å². The van der Waals surface area contributed by atoms with E-state index in [2.05, 4.69) is 52.4 Å². The fourth-order valence-electron chi connectivity index (χ4n) is 2.73. The Morgan fingerprint density at radius 3 is 2.71 bits per heavy atom. The second-order valence-corrected chi connectivity index (χ2v) is 5.93. The lowest BCUT2D eigenvalue weighted by Gasteiger charge is -2.28. The number of benzene rings is 1. The van der Waals surface area contributed by atoms with Crippen molar-refractivity contribution in [2.75, 3.05) is 0 Å². The predicted octanol–water partition coefficient (Wildman–Crippen LogP) is 4.82. The molecule has 2 rings (SSSR count). The first kappa shape index (κ1) is 13.1. The summed E-state index contributed by atoms with van der Waals surface area (Å²) in [5.41, 5.74) is 1.41. The Hall–Kier alpha value is -0.340. The minimum Gasteiger partial charge on any atom is -0.307 e. The summed E-state index contributed by atoms with van der Waals surface area (Å²) >= 11 is 3.56. The first-order valence-corrected chi connectivity index (χ1v) is 7.60. The van der Waals surface area contributed by atoms with Crippen molar-refractivity contribution in [2.45, 2.75) is 57.5 Å². The highest BCUT2D eigenvalue weighted by molar-refractivity contribution is 9.10. The Kier molecular flexibility index (Phi) is 5.05. The molecule has 0 aliphatic heterocycles. The highest BCUT2D eigenvalue weighted by atomic mass is 79.9. The molecule has 1 fully saturated rings. The molecule has 0 amide bonds. The molecule has 0 spiro atoms. The first-order chi connectivity index (χ1) is 8.29. The van der Waals surface area contributed by atoms with Crippen LogP contribution in [0.5, 0.6) is 0 Å². The molecule has 1 aromatic rings. The molecule has 0 radical (unpaired) electrons. The van der Waals surface area contributed by atoms with Crippen LogP contribution < -0.4 is 5.32 Å². The Morgan fingerprint density at radius 2 is 2.06 bits per heavy atom. The van der Waals surface area contributed by atoms with Crippen LogP contribution in [0.1, 0.15) is 57.1 Å². The third-order valence-corrected chi connectivity index (χ3v) is 4.19. The van der Waals surface area contributed by atoms with E-state index in [1.807, 2.05) is 0 Å². The molecule has 1 aromatic carbocycles. The number of nitrogens with one attached hydrogen (secondary N) is 1. The SMILES string of the molecule is CCC(NC1CCCCC1)c1cccc(Br)c1. The lowest BCUT2D eigenvalue weighted by atomic mass is 9.93. The molecule has 0 heterocycles. The van der Waals surface area contributed by atoms with E-state index in [1.165, 1.54) is 42.1 Å². The largest absolute Gasteiger partial charge is 0.307 e. The number of halogens is 1. The fourth-order valence-corrected chi connectivity index (χ4v) is 3.14. The number of hydrogen-bond acceptors (Lipinski definition) is 1. The molecule has 1 N–H and O–H groups in total. The normalized spacial score (nSPS) is 19.2. The van der Waals surface area contributed by atoms with E-state index in [1.54, 1.807) is 0 Å². The predicted molar refractivity (Wildman–Crippen MR) is 77.2 cm³/mol. The van der Waals surface area contributed by atoms with Gasteiger partial charge in [0.2, 0.25) is 0 Å². The molecule has 0 saturated heterocycles. The zero-order valence-corrected chi connectivity index (χ0v) is 12.2. The monoisotopic (exact) mass is 295 g/mol. The van der Waals surface area contributed by atoms with Crippen LogP contribution in [0.25, 0.3) is 0 Å². The topological polar surface area (TPSA) is 12.0 Å². The molecule has 1 atom stereocenters. The van der Waals surface area contributed by atoms with Crippen molar-refractivity contribution in [1.29, 1.82) is 0 Å². The average molecular weight is 296 g/mol. The van der Waals surface area contributed by atoms with Crippen molar-refractivity contribution >= 4 is 15.9 Å². The maximum Gasteiger partial charge on any atom is 0.0320 e. The lowest BCUT2D eigenvalue weighted by Crippen LogP contribution is -2.34. The van der Waals surface area contributed by atoms with Gasteiger partial charge in [-0.15, -0.1) is 0 Å². The van der Waals surface area contributed by atoms with Crippen LogP contribution in [0, 0.1) is 0 Å². The number of hydrogen-bond donors (Lipinski definition) is 1. The Morgan fingerprint density at radius 1 is 1.29 bits per heavy atom. The van der Waals surface area contributed by atoms with Crippen molar-refractivity contribution in [3.8, 4) is 0 Å². The van der Waals surface area contributed by atoms with Crippen LogP contribution in [0.2, 0.25) is 0 Å². The lowest BCUT2D eigenvalue weighted by molar-refractivity contribution is 0.334. The zero-order chi connectivity index (χ0) is 12.1. The Balaban J connectivity index is 2.00. The smallest absolute Gasteiger partial charge is 0.0320 e. The molecular formula is C15H22BrN. The van der Waals surface area contributed by atoms with Gasteiger partial charge in [0.25, 0.3) is 0 Å². The average Bonchev–Trinajstić information content (AvgIpc) is 2.37. The Bertz CT molecular complexity index is 345. The number of rotatable bonds is 4. The van der Waals surface area contributed by atoms with E-state index in [4.69, 9.17) is 0 Å². The van der Waals surface area contributed by atoms with Crippen LogP contribution >= 0.6 is 15.9 Å². The van der Waals surface area contributed by atoms with Gasteiger partial charge in [0.05, 0.1) is 0 Å². The van der Waals surface area contributed by atoms with E-state index in [9.17, 15) is 0 Å². The molecule has 1 aliphatic rings. The molecule has 0 bridgehead atoms. The summed E-state index contributed by atoms with van der Waals surface area (Å²) in [7, 11) is 0. The van der Waals surface area contributed by atoms with Crippen LogP contribution in [-0.2, 0) is 0 Å². The third-order valence-electron chi connectivity index (χ3n) is 3.70. The van der Waals surface area contributed by atoms with E-state index >= 15 is 0 Å². The van der Waals surface area contributed by atoms with Gasteiger partial charge in [0.15, 0.2) is 0 Å². The van der Waals surface area contributed by atoms with Crippen LogP contribution in [0.15, 0.2) is 28.7 Å². The second kappa shape index (κ2) is 6.55. The molecule has 0 aromatic heterocycles. The molecule has 1 nitrogen and oxygen atoms in total. The van der Waals surface area contributed by atoms with Gasteiger partial charge in [0, 0.05) is 16.6 Å². The molecule has 2 heteroatoms. The van der Waals surface area contributed by atoms with Crippen molar-refractivity contribution in [1.82, 2.24) is 5.32 Å². The zero-order valence-electron chi connectivity index (χ0n) is 10.6. The summed E-state index contributed by atoms with van der Waals surface area (Å²) in [5.74, 6) is 0. The fraction of sp³-hybridized carbons (Fsp3) is 0.600. The van der Waals surface area contributed by atoms with Gasteiger partial charge >= 0.3 is 0 Å². The van der Waals surface area contributed by atoms with Crippen molar-refractivity contribution in [3.63, 3.8) is 0 Å². The van der Waals surface area contributed by atoms with Crippen molar-refractivity contribution in [2.24, 2.45) is 0 Å².